The summed E-state index contributed by atoms with van der Waals surface area (Å²) in [6, 6.07) is 0. The minimum atomic E-state index is -0.763. The lowest BCUT2D eigenvalue weighted by Gasteiger charge is -2.53. The topological polar surface area (TPSA) is 44.8 Å². The third-order valence-corrected chi connectivity index (χ3v) is 6.33. The van der Waals surface area contributed by atoms with Gasteiger partial charge in [-0.2, -0.15) is 0 Å². The predicted molar refractivity (Wildman–Crippen MR) is 124 cm³/mol. The first-order valence-corrected chi connectivity index (χ1v) is 11.7. The highest BCUT2D eigenvalue weighted by Gasteiger charge is 2.55. The fourth-order valence-corrected chi connectivity index (χ4v) is 4.21. The Balaban J connectivity index is 3.00. The van der Waals surface area contributed by atoms with Crippen LogP contribution in [0.1, 0.15) is 86.0 Å². The minimum Gasteiger partial charge on any atom is -0.455 e. The summed E-state index contributed by atoms with van der Waals surface area (Å²) in [5.74, 6) is -0.168. The van der Waals surface area contributed by atoms with Crippen LogP contribution in [0.15, 0.2) is 24.3 Å². The molecule has 0 bridgehead atoms. The maximum atomic E-state index is 12.7. The number of ether oxygens (including phenoxy) is 2. The minimum absolute atomic E-state index is 0.0163. The van der Waals surface area contributed by atoms with E-state index in [1.54, 1.807) is 0 Å². The molecule has 0 aromatic rings. The molecule has 0 unspecified atom stereocenters. The van der Waals surface area contributed by atoms with Gasteiger partial charge >= 0.3 is 5.97 Å². The van der Waals surface area contributed by atoms with E-state index in [1.165, 1.54) is 12.8 Å². The third kappa shape index (κ3) is 7.48. The van der Waals surface area contributed by atoms with Gasteiger partial charge in [0.25, 0.3) is 0 Å². The van der Waals surface area contributed by atoms with Crippen molar-refractivity contribution in [1.82, 2.24) is 0 Å². The zero-order valence-corrected chi connectivity index (χ0v) is 19.8. The van der Waals surface area contributed by atoms with Crippen LogP contribution < -0.4 is 0 Å². The molecule has 1 radical (unpaired) electrons. The quantitative estimate of drug-likeness (QED) is 0.115. The zero-order valence-electron chi connectivity index (χ0n) is 20.0. The number of hydrogen-bond donors (Lipinski definition) is 0. The molecular formula is C23H40BO4S. The molecule has 1 fully saturated rings. The maximum Gasteiger partial charge on any atom is 0.306 e. The molecule has 4 nitrogen and oxygen atoms in total. The van der Waals surface area contributed by atoms with E-state index in [1.807, 2.05) is 19.9 Å². The smallest absolute Gasteiger partial charge is 0.306 e. The van der Waals surface area contributed by atoms with Gasteiger partial charge in [-0.3, -0.25) is 4.79 Å². The maximum absolute atomic E-state index is 12.7. The number of carbonyl (C=O) groups excluding carboxylic acids is 1. The molecule has 0 aromatic heterocycles. The van der Waals surface area contributed by atoms with Crippen molar-refractivity contribution in [3.63, 3.8) is 0 Å². The van der Waals surface area contributed by atoms with Gasteiger partial charge in [-0.1, -0.05) is 70.5 Å². The number of unbranched alkanes of at least 4 members (excludes halogenated alkanes) is 4. The highest BCUT2D eigenvalue weighted by molar-refractivity contribution is 8.15. The fraction of sp³-hybridized carbons (Fsp3) is 0.783. The van der Waals surface area contributed by atoms with Crippen LogP contribution in [0.5, 0.6) is 0 Å². The van der Waals surface area contributed by atoms with Crippen LogP contribution in [-0.2, 0) is 18.5 Å². The number of esters is 1. The highest BCUT2D eigenvalue weighted by Crippen LogP contribution is 2.47. The van der Waals surface area contributed by atoms with Gasteiger partial charge in [0.1, 0.15) is 5.60 Å². The van der Waals surface area contributed by atoms with E-state index in [4.69, 9.17) is 15.0 Å². The number of allylic oxidation sites excluding steroid dienone is 1. The van der Waals surface area contributed by atoms with E-state index >= 15 is 0 Å². The van der Waals surface area contributed by atoms with Crippen LogP contribution in [0.3, 0.4) is 0 Å². The van der Waals surface area contributed by atoms with Gasteiger partial charge in [0.05, 0.1) is 12.7 Å². The van der Waals surface area contributed by atoms with Crippen LogP contribution in [0.4, 0.5) is 0 Å². The Morgan fingerprint density at radius 2 is 2.17 bits per heavy atom. The Hall–Kier alpha value is -0.715. The summed E-state index contributed by atoms with van der Waals surface area (Å²) in [5.41, 5.74) is -0.132. The Morgan fingerprint density at radius 3 is 2.79 bits per heavy atom. The van der Waals surface area contributed by atoms with Crippen molar-refractivity contribution in [3.8, 4) is 0 Å². The molecule has 0 saturated carbocycles. The van der Waals surface area contributed by atoms with E-state index in [9.17, 15) is 4.79 Å². The van der Waals surface area contributed by atoms with Gasteiger partial charge in [0, 0.05) is 11.8 Å². The summed E-state index contributed by atoms with van der Waals surface area (Å²) in [5, 5.41) is 0. The second-order valence-electron chi connectivity index (χ2n) is 8.72. The monoisotopic (exact) mass is 425 g/mol. The van der Waals surface area contributed by atoms with Crippen LogP contribution in [0.25, 0.3) is 0 Å². The van der Waals surface area contributed by atoms with E-state index in [-0.39, 0.29) is 12.1 Å². The third-order valence-electron chi connectivity index (χ3n) is 6.08. The van der Waals surface area contributed by atoms with Crippen molar-refractivity contribution in [3.05, 3.63) is 24.3 Å². The molecule has 1 rings (SSSR count). The second-order valence-corrected chi connectivity index (χ2v) is 9.14. The first-order chi connectivity index (χ1) is 14.3. The molecule has 1 heterocycles. The van der Waals surface area contributed by atoms with E-state index < -0.39 is 17.1 Å². The SMILES string of the molecule is [3H][B]SOCC(C)(C)[C@]1(C)O[C@H](CC=C)C/C(=C\C)[C@@H]1OC(=O)CCCCCCC. The Kier molecular flexibility index (Phi) is 10.9. The van der Waals surface area contributed by atoms with Gasteiger partial charge in [-0.05, 0) is 40.0 Å². The van der Waals surface area contributed by atoms with Gasteiger partial charge in [-0.15, -0.1) is 6.58 Å². The van der Waals surface area contributed by atoms with Crippen LogP contribution in [-0.4, -0.2) is 38.8 Å². The highest BCUT2D eigenvalue weighted by atomic mass is 32.2. The molecule has 0 aromatic carbocycles. The first kappa shape index (κ1) is 24.6. The van der Waals surface area contributed by atoms with E-state index in [0.29, 0.717) is 13.0 Å². The predicted octanol–water partition coefficient (Wildman–Crippen LogP) is 5.84. The molecule has 0 aliphatic carbocycles. The first-order valence-electron chi connectivity index (χ1n) is 11.4. The summed E-state index contributed by atoms with van der Waals surface area (Å²) in [6.07, 6.45) is 10.8. The Bertz CT molecular complexity index is 569. The molecule has 1 aliphatic heterocycles. The molecule has 1 saturated heterocycles. The van der Waals surface area contributed by atoms with Crippen molar-refractivity contribution >= 4 is 25.0 Å². The summed E-state index contributed by atoms with van der Waals surface area (Å²) < 4.78 is 25.4. The average molecular weight is 425 g/mol. The molecule has 29 heavy (non-hydrogen) atoms. The zero-order chi connectivity index (χ0) is 22.6. The van der Waals surface area contributed by atoms with Crippen molar-refractivity contribution in [2.75, 3.05) is 6.61 Å². The van der Waals surface area contributed by atoms with Gasteiger partial charge in [-0.25, -0.2) is 0 Å². The number of rotatable bonds is 14. The number of hydrogen-bond acceptors (Lipinski definition) is 5. The lowest BCUT2D eigenvalue weighted by Crippen LogP contribution is -2.61. The molecule has 6 heteroatoms. The standard InChI is InChI=1S/C23H40BO4S/c1-7-10-11-12-13-15-20(25)27-21-18(9-3)16-19(14-8-2)28-23(21,6)22(4,5)17-26-29-24/h8-9,19,21,24H,2,7,10-17H2,1,3-6H3/b18-9+/t19-,21+,23-/m1/s1/i24T. The molecule has 165 valence electrons. The van der Waals surface area contributed by atoms with E-state index in [0.717, 1.165) is 56.7 Å². The van der Waals surface area contributed by atoms with Gasteiger partial charge in [0.15, 0.2) is 6.10 Å². The van der Waals surface area contributed by atoms with E-state index in [2.05, 4.69) is 33.4 Å². The summed E-state index contributed by atoms with van der Waals surface area (Å²) in [6.45, 7) is 14.5. The number of carbonyl (C=O) groups is 1. The molecule has 0 amide bonds. The summed E-state index contributed by atoms with van der Waals surface area (Å²) in [7, 11) is 1.16. The lowest BCUT2D eigenvalue weighted by molar-refractivity contribution is -0.226. The van der Waals surface area contributed by atoms with Crippen molar-refractivity contribution in [1.29, 1.82) is 1.34 Å². The molecule has 1 aliphatic rings. The van der Waals surface area contributed by atoms with Crippen LogP contribution >= 0.6 is 11.9 Å². The van der Waals surface area contributed by atoms with Crippen molar-refractivity contribution in [2.45, 2.75) is 104 Å². The van der Waals surface area contributed by atoms with Crippen LogP contribution in [0, 0.1) is 5.41 Å². The summed E-state index contributed by atoms with van der Waals surface area (Å²) in [4.78, 5) is 12.7. The van der Waals surface area contributed by atoms with Crippen LogP contribution in [0.2, 0.25) is 0 Å². The normalized spacial score (nSPS) is 26.8. The average Bonchev–Trinajstić information content (AvgIpc) is 2.69. The van der Waals surface area contributed by atoms with Crippen molar-refractivity contribution < 1.29 is 18.5 Å². The largest absolute Gasteiger partial charge is 0.455 e. The lowest BCUT2D eigenvalue weighted by atomic mass is 9.68. The van der Waals surface area contributed by atoms with Crippen molar-refractivity contribution in [2.24, 2.45) is 5.41 Å². The molecule has 0 spiro atoms. The fourth-order valence-electron chi connectivity index (χ4n) is 3.85. The molecule has 0 N–H and O–H groups in total. The Morgan fingerprint density at radius 1 is 1.45 bits per heavy atom. The van der Waals surface area contributed by atoms with Gasteiger partial charge < -0.3 is 13.7 Å². The summed E-state index contributed by atoms with van der Waals surface area (Å²) >= 11 is 0.995. The van der Waals surface area contributed by atoms with Gasteiger partial charge in [0.2, 0.25) is 7.09 Å². The molecular weight excluding hydrogens is 383 g/mol. The Labute approximate surface area is 185 Å². The molecule has 3 atom stereocenters. The second kappa shape index (κ2) is 12.9.